The van der Waals surface area contributed by atoms with Crippen molar-refractivity contribution < 1.29 is 21.0 Å². The normalized spacial score (nSPS) is 13.6. The summed E-state index contributed by atoms with van der Waals surface area (Å²) in [5, 5.41) is 0. The van der Waals surface area contributed by atoms with E-state index >= 15 is 0 Å². The molecule has 1 atom stereocenters. The summed E-state index contributed by atoms with van der Waals surface area (Å²) in [6, 6.07) is 12.1. The van der Waals surface area contributed by atoms with E-state index in [-0.39, 0.29) is 22.3 Å². The van der Waals surface area contributed by atoms with Crippen LogP contribution in [-0.2, 0) is 24.3 Å². The van der Waals surface area contributed by atoms with Crippen molar-refractivity contribution in [3.8, 4) is 0 Å². The lowest BCUT2D eigenvalue weighted by atomic mass is 10.1. The minimum absolute atomic E-state index is 0.0442. The topological polar surface area (TPSA) is 89.5 Å². The Kier molecular flexibility index (Phi) is 7.39. The van der Waals surface area contributed by atoms with E-state index in [0.717, 1.165) is 11.1 Å². The van der Waals surface area contributed by atoms with E-state index in [9.17, 15) is 16.8 Å². The van der Waals surface area contributed by atoms with Gasteiger partial charge in [0.1, 0.15) is 0 Å². The number of benzene rings is 2. The Hall–Kier alpha value is -1.74. The summed E-state index contributed by atoms with van der Waals surface area (Å²) in [7, 11) is -7.75. The molecule has 0 heterocycles. The maximum absolute atomic E-state index is 12.7. The molecule has 0 saturated heterocycles. The standard InChI is InChI=1S/C20H27NO5S2/c1-15(2)13-18(21-27(22,23)19-9-5-16(3)6-10-19)14-26-28(24,25)20-11-7-17(4)8-12-20/h5-12,15,18,21H,13-14H2,1-4H3. The Labute approximate surface area is 168 Å². The molecule has 2 aromatic rings. The molecule has 0 bridgehead atoms. The van der Waals surface area contributed by atoms with Crippen LogP contribution < -0.4 is 4.72 Å². The summed E-state index contributed by atoms with van der Waals surface area (Å²) in [4.78, 5) is 0.177. The average molecular weight is 426 g/mol. The molecule has 28 heavy (non-hydrogen) atoms. The highest BCUT2D eigenvalue weighted by atomic mass is 32.2. The van der Waals surface area contributed by atoms with Crippen LogP contribution in [0.5, 0.6) is 0 Å². The highest BCUT2D eigenvalue weighted by molar-refractivity contribution is 7.89. The fourth-order valence-electron chi connectivity index (χ4n) is 2.67. The molecule has 0 aliphatic carbocycles. The highest BCUT2D eigenvalue weighted by Crippen LogP contribution is 2.17. The largest absolute Gasteiger partial charge is 0.297 e. The third-order valence-corrected chi connectivity index (χ3v) is 6.98. The van der Waals surface area contributed by atoms with E-state index in [1.54, 1.807) is 24.3 Å². The SMILES string of the molecule is Cc1ccc(S(=O)(=O)NC(COS(=O)(=O)c2ccc(C)cc2)CC(C)C)cc1. The van der Waals surface area contributed by atoms with Crippen LogP contribution in [0.25, 0.3) is 0 Å². The second-order valence-electron chi connectivity index (χ2n) is 7.31. The zero-order valence-electron chi connectivity index (χ0n) is 16.5. The van der Waals surface area contributed by atoms with Gasteiger partial charge in [0.25, 0.3) is 10.1 Å². The number of nitrogens with one attached hydrogen (secondary N) is 1. The zero-order chi connectivity index (χ0) is 20.9. The minimum Gasteiger partial charge on any atom is -0.265 e. The van der Waals surface area contributed by atoms with Crippen LogP contribution in [0.3, 0.4) is 0 Å². The summed E-state index contributed by atoms with van der Waals surface area (Å²) in [6.45, 7) is 7.31. The van der Waals surface area contributed by atoms with Crippen molar-refractivity contribution in [3.05, 3.63) is 59.7 Å². The van der Waals surface area contributed by atoms with Crippen LogP contribution in [0.1, 0.15) is 31.4 Å². The molecule has 1 N–H and O–H groups in total. The molecule has 1 unspecified atom stereocenters. The lowest BCUT2D eigenvalue weighted by Gasteiger charge is -2.20. The van der Waals surface area contributed by atoms with Gasteiger partial charge in [-0.05, 0) is 50.5 Å². The van der Waals surface area contributed by atoms with Gasteiger partial charge in [0.15, 0.2) is 0 Å². The van der Waals surface area contributed by atoms with Crippen molar-refractivity contribution in [2.45, 2.75) is 49.9 Å². The fourth-order valence-corrected chi connectivity index (χ4v) is 4.85. The van der Waals surface area contributed by atoms with E-state index < -0.39 is 26.2 Å². The predicted molar refractivity (Wildman–Crippen MR) is 109 cm³/mol. The number of sulfonamides is 1. The van der Waals surface area contributed by atoms with Gasteiger partial charge >= 0.3 is 0 Å². The summed E-state index contributed by atoms with van der Waals surface area (Å²) in [5.41, 5.74) is 1.88. The van der Waals surface area contributed by atoms with Gasteiger partial charge in [-0.2, -0.15) is 8.42 Å². The molecule has 6 nitrogen and oxygen atoms in total. The number of hydrogen-bond acceptors (Lipinski definition) is 5. The fraction of sp³-hybridized carbons (Fsp3) is 0.400. The number of aryl methyl sites for hydroxylation is 2. The van der Waals surface area contributed by atoms with Gasteiger partial charge in [0.2, 0.25) is 10.0 Å². The summed E-state index contributed by atoms with van der Waals surface area (Å²) in [5.74, 6) is 0.149. The van der Waals surface area contributed by atoms with Crippen LogP contribution in [0.2, 0.25) is 0 Å². The molecule has 2 aromatic carbocycles. The quantitative estimate of drug-likeness (QED) is 0.622. The molecule has 0 aromatic heterocycles. The molecular weight excluding hydrogens is 398 g/mol. The summed E-state index contributed by atoms with van der Waals surface area (Å²) >= 11 is 0. The number of hydrogen-bond donors (Lipinski definition) is 1. The molecule has 154 valence electrons. The zero-order valence-corrected chi connectivity index (χ0v) is 18.2. The second kappa shape index (κ2) is 9.17. The van der Waals surface area contributed by atoms with E-state index in [2.05, 4.69) is 4.72 Å². The van der Waals surface area contributed by atoms with E-state index in [1.165, 1.54) is 24.3 Å². The van der Waals surface area contributed by atoms with E-state index in [1.807, 2.05) is 27.7 Å². The van der Waals surface area contributed by atoms with Crippen molar-refractivity contribution in [2.75, 3.05) is 6.61 Å². The van der Waals surface area contributed by atoms with Crippen molar-refractivity contribution in [1.29, 1.82) is 0 Å². The predicted octanol–water partition coefficient (Wildman–Crippen LogP) is 3.40. The first-order chi connectivity index (χ1) is 13.0. The molecule has 0 saturated carbocycles. The maximum Gasteiger partial charge on any atom is 0.297 e. The van der Waals surface area contributed by atoms with Gasteiger partial charge in [-0.3, -0.25) is 4.18 Å². The lowest BCUT2D eigenvalue weighted by Crippen LogP contribution is -2.39. The van der Waals surface area contributed by atoms with Crippen LogP contribution in [0.4, 0.5) is 0 Å². The molecule has 0 radical (unpaired) electrons. The second-order valence-corrected chi connectivity index (χ2v) is 10.6. The Morgan fingerprint density at radius 3 is 1.75 bits per heavy atom. The maximum atomic E-state index is 12.7. The van der Waals surface area contributed by atoms with Crippen molar-refractivity contribution in [2.24, 2.45) is 5.92 Å². The van der Waals surface area contributed by atoms with Crippen molar-refractivity contribution in [1.82, 2.24) is 4.72 Å². The Morgan fingerprint density at radius 2 is 1.29 bits per heavy atom. The summed E-state index contributed by atoms with van der Waals surface area (Å²) < 4.78 is 57.9. The molecule has 0 fully saturated rings. The van der Waals surface area contributed by atoms with Crippen LogP contribution >= 0.6 is 0 Å². The molecule has 8 heteroatoms. The molecule has 0 amide bonds. The van der Waals surface area contributed by atoms with Crippen LogP contribution in [0, 0.1) is 19.8 Å². The molecule has 0 aliphatic heterocycles. The van der Waals surface area contributed by atoms with Gasteiger partial charge in [-0.15, -0.1) is 0 Å². The number of rotatable bonds is 9. The third-order valence-electron chi connectivity index (χ3n) is 4.14. The smallest absolute Gasteiger partial charge is 0.265 e. The van der Waals surface area contributed by atoms with E-state index in [0.29, 0.717) is 6.42 Å². The Bertz CT molecular complexity index is 980. The van der Waals surface area contributed by atoms with Gasteiger partial charge in [0, 0.05) is 6.04 Å². The molecule has 2 rings (SSSR count). The Morgan fingerprint density at radius 1 is 0.821 bits per heavy atom. The lowest BCUT2D eigenvalue weighted by molar-refractivity contribution is 0.264. The highest BCUT2D eigenvalue weighted by Gasteiger charge is 2.24. The van der Waals surface area contributed by atoms with Gasteiger partial charge in [0.05, 0.1) is 16.4 Å². The third kappa shape index (κ3) is 6.41. The Balaban J connectivity index is 2.15. The summed E-state index contributed by atoms with van der Waals surface area (Å²) in [6.07, 6.45) is 0.439. The first kappa shape index (κ1) is 22.5. The van der Waals surface area contributed by atoms with Gasteiger partial charge in [-0.1, -0.05) is 49.2 Å². The van der Waals surface area contributed by atoms with Gasteiger partial charge < -0.3 is 0 Å². The molecule has 0 spiro atoms. The van der Waals surface area contributed by atoms with Gasteiger partial charge in [-0.25, -0.2) is 13.1 Å². The van der Waals surface area contributed by atoms with Crippen LogP contribution in [0.15, 0.2) is 58.3 Å². The van der Waals surface area contributed by atoms with E-state index in [4.69, 9.17) is 4.18 Å². The molecular formula is C20H27NO5S2. The average Bonchev–Trinajstić information content (AvgIpc) is 2.60. The monoisotopic (exact) mass is 425 g/mol. The van der Waals surface area contributed by atoms with Crippen molar-refractivity contribution in [3.63, 3.8) is 0 Å². The molecule has 0 aliphatic rings. The first-order valence-corrected chi connectivity index (χ1v) is 11.9. The van der Waals surface area contributed by atoms with Crippen molar-refractivity contribution >= 4 is 20.1 Å². The minimum atomic E-state index is -3.97. The van der Waals surface area contributed by atoms with Crippen LogP contribution in [-0.4, -0.2) is 29.5 Å². The first-order valence-electron chi connectivity index (χ1n) is 9.05.